The predicted octanol–water partition coefficient (Wildman–Crippen LogP) is 2.80. The quantitative estimate of drug-likeness (QED) is 0.784. The summed E-state index contributed by atoms with van der Waals surface area (Å²) in [5.41, 5.74) is 1.31. The van der Waals surface area contributed by atoms with Crippen LogP contribution in [0.2, 0.25) is 0 Å². The highest BCUT2D eigenvalue weighted by atomic mass is 19.1. The number of nitrogens with one attached hydrogen (secondary N) is 1. The average molecular weight is 345 g/mol. The Morgan fingerprint density at radius 3 is 2.44 bits per heavy atom. The number of amides is 1. The number of benzene rings is 2. The molecule has 5 nitrogen and oxygen atoms in total. The summed E-state index contributed by atoms with van der Waals surface area (Å²) in [7, 11) is 2.68. The second-order valence-corrected chi connectivity index (χ2v) is 5.46. The Morgan fingerprint density at radius 2 is 1.84 bits per heavy atom. The van der Waals surface area contributed by atoms with Gasteiger partial charge < -0.3 is 14.8 Å². The van der Waals surface area contributed by atoms with Crippen LogP contribution in [0.1, 0.15) is 23.6 Å². The molecule has 1 amide bonds. The highest BCUT2D eigenvalue weighted by Crippen LogP contribution is 2.20. The van der Waals surface area contributed by atoms with Gasteiger partial charge in [-0.15, -0.1) is 0 Å². The Kier molecular flexibility index (Phi) is 6.51. The van der Waals surface area contributed by atoms with Gasteiger partial charge in [0.25, 0.3) is 0 Å². The van der Waals surface area contributed by atoms with Crippen LogP contribution < -0.4 is 10.1 Å². The number of hydrogen-bond donors (Lipinski definition) is 1. The zero-order valence-electron chi connectivity index (χ0n) is 14.1. The fourth-order valence-electron chi connectivity index (χ4n) is 2.44. The van der Waals surface area contributed by atoms with Crippen LogP contribution in [0, 0.1) is 5.82 Å². The largest absolute Gasteiger partial charge is 0.494 e. The maximum atomic E-state index is 13.7. The predicted molar refractivity (Wildman–Crippen MR) is 90.6 cm³/mol. The summed E-state index contributed by atoms with van der Waals surface area (Å²) in [5.74, 6) is -1.15. The molecule has 0 aromatic heterocycles. The van der Waals surface area contributed by atoms with Gasteiger partial charge in [0.1, 0.15) is 0 Å². The fourth-order valence-corrected chi connectivity index (χ4v) is 2.44. The summed E-state index contributed by atoms with van der Waals surface area (Å²) in [6.07, 6.45) is 0.00858. The Labute approximate surface area is 145 Å². The molecular formula is C19H20FNO4. The van der Waals surface area contributed by atoms with E-state index in [-0.39, 0.29) is 24.5 Å². The molecule has 0 saturated heterocycles. The first-order valence-corrected chi connectivity index (χ1v) is 7.77. The molecule has 0 spiro atoms. The van der Waals surface area contributed by atoms with Gasteiger partial charge in [0.2, 0.25) is 5.91 Å². The number of halogens is 1. The van der Waals surface area contributed by atoms with Gasteiger partial charge in [-0.05, 0) is 23.3 Å². The third-order valence-electron chi connectivity index (χ3n) is 3.72. The SMILES string of the molecule is COC(=O)CC(NC(=O)Cc1ccc(OC)c(F)c1)c1ccccc1. The van der Waals surface area contributed by atoms with Gasteiger partial charge in [-0.1, -0.05) is 36.4 Å². The Balaban J connectivity index is 2.08. The van der Waals surface area contributed by atoms with E-state index in [1.807, 2.05) is 30.3 Å². The molecular weight excluding hydrogens is 325 g/mol. The van der Waals surface area contributed by atoms with Crippen molar-refractivity contribution in [2.45, 2.75) is 18.9 Å². The van der Waals surface area contributed by atoms with Crippen LogP contribution in [0.5, 0.6) is 5.75 Å². The minimum atomic E-state index is -0.526. The molecule has 0 bridgehead atoms. The molecule has 0 saturated carbocycles. The molecule has 25 heavy (non-hydrogen) atoms. The van der Waals surface area contributed by atoms with Crippen LogP contribution in [0.15, 0.2) is 48.5 Å². The number of carbonyl (C=O) groups excluding carboxylic acids is 2. The van der Waals surface area contributed by atoms with Gasteiger partial charge in [-0.3, -0.25) is 9.59 Å². The molecule has 0 radical (unpaired) electrons. The number of esters is 1. The van der Waals surface area contributed by atoms with Crippen molar-refractivity contribution < 1.29 is 23.5 Å². The molecule has 0 aliphatic rings. The second kappa shape index (κ2) is 8.82. The maximum Gasteiger partial charge on any atom is 0.307 e. The van der Waals surface area contributed by atoms with Gasteiger partial charge in [0, 0.05) is 0 Å². The Morgan fingerprint density at radius 1 is 1.12 bits per heavy atom. The third-order valence-corrected chi connectivity index (χ3v) is 3.72. The lowest BCUT2D eigenvalue weighted by Gasteiger charge is -2.18. The van der Waals surface area contributed by atoms with Gasteiger partial charge >= 0.3 is 5.97 Å². The highest BCUT2D eigenvalue weighted by Gasteiger charge is 2.19. The van der Waals surface area contributed by atoms with E-state index in [9.17, 15) is 14.0 Å². The van der Waals surface area contributed by atoms with Gasteiger partial charge in [0.15, 0.2) is 11.6 Å². The molecule has 1 N–H and O–H groups in total. The first kappa shape index (κ1) is 18.4. The summed E-state index contributed by atoms with van der Waals surface area (Å²) in [4.78, 5) is 23.9. The number of hydrogen-bond acceptors (Lipinski definition) is 4. The van der Waals surface area contributed by atoms with E-state index in [1.54, 1.807) is 6.07 Å². The van der Waals surface area contributed by atoms with Crippen molar-refractivity contribution in [3.8, 4) is 5.75 Å². The summed E-state index contributed by atoms with van der Waals surface area (Å²) in [6, 6.07) is 13.0. The van der Waals surface area contributed by atoms with E-state index < -0.39 is 17.8 Å². The molecule has 1 unspecified atom stereocenters. The number of carbonyl (C=O) groups is 2. The second-order valence-electron chi connectivity index (χ2n) is 5.46. The van der Waals surface area contributed by atoms with Gasteiger partial charge in [-0.25, -0.2) is 4.39 Å². The van der Waals surface area contributed by atoms with Crippen molar-refractivity contribution in [3.63, 3.8) is 0 Å². The molecule has 0 aliphatic heterocycles. The number of ether oxygens (including phenoxy) is 2. The zero-order valence-corrected chi connectivity index (χ0v) is 14.1. The summed E-state index contributed by atoms with van der Waals surface area (Å²) < 4.78 is 23.3. The van der Waals surface area contributed by atoms with Crippen molar-refractivity contribution in [3.05, 3.63) is 65.5 Å². The highest BCUT2D eigenvalue weighted by molar-refractivity contribution is 5.80. The molecule has 0 aliphatic carbocycles. The van der Waals surface area contributed by atoms with E-state index in [2.05, 4.69) is 10.1 Å². The first-order chi connectivity index (χ1) is 12.0. The molecule has 132 valence electrons. The van der Waals surface area contributed by atoms with E-state index in [4.69, 9.17) is 4.74 Å². The number of methoxy groups -OCH3 is 2. The summed E-state index contributed by atoms with van der Waals surface area (Å²) in [5, 5.41) is 2.80. The van der Waals surface area contributed by atoms with E-state index in [0.717, 1.165) is 5.56 Å². The lowest BCUT2D eigenvalue weighted by Crippen LogP contribution is -2.31. The zero-order chi connectivity index (χ0) is 18.2. The lowest BCUT2D eigenvalue weighted by molar-refractivity contribution is -0.141. The molecule has 1 atom stereocenters. The van der Waals surface area contributed by atoms with Crippen LogP contribution in [-0.4, -0.2) is 26.1 Å². The minimum Gasteiger partial charge on any atom is -0.494 e. The fraction of sp³-hybridized carbons (Fsp3) is 0.263. The molecule has 6 heteroatoms. The standard InChI is InChI=1S/C19H20FNO4/c1-24-17-9-8-13(10-15(17)20)11-18(22)21-16(12-19(23)25-2)14-6-4-3-5-7-14/h3-10,16H,11-12H2,1-2H3,(H,21,22). The molecule has 2 rings (SSSR count). The van der Waals surface area contributed by atoms with Crippen LogP contribution in [0.4, 0.5) is 4.39 Å². The van der Waals surface area contributed by atoms with E-state index in [0.29, 0.717) is 5.56 Å². The number of rotatable bonds is 7. The van der Waals surface area contributed by atoms with Crippen LogP contribution in [0.3, 0.4) is 0 Å². The molecule has 2 aromatic rings. The van der Waals surface area contributed by atoms with Crippen LogP contribution in [0.25, 0.3) is 0 Å². The summed E-state index contributed by atoms with van der Waals surface area (Å²) in [6.45, 7) is 0. The molecule has 0 fully saturated rings. The molecule has 0 heterocycles. The average Bonchev–Trinajstić information content (AvgIpc) is 2.62. The van der Waals surface area contributed by atoms with Crippen LogP contribution in [-0.2, 0) is 20.7 Å². The van der Waals surface area contributed by atoms with Gasteiger partial charge in [-0.2, -0.15) is 0 Å². The normalized spacial score (nSPS) is 11.5. The monoisotopic (exact) mass is 345 g/mol. The first-order valence-electron chi connectivity index (χ1n) is 7.77. The van der Waals surface area contributed by atoms with Gasteiger partial charge in [0.05, 0.1) is 33.1 Å². The lowest BCUT2D eigenvalue weighted by atomic mass is 10.0. The van der Waals surface area contributed by atoms with Crippen molar-refractivity contribution in [2.75, 3.05) is 14.2 Å². The smallest absolute Gasteiger partial charge is 0.307 e. The third kappa shape index (κ3) is 5.31. The van der Waals surface area contributed by atoms with Crippen molar-refractivity contribution in [1.82, 2.24) is 5.32 Å². The molecule has 2 aromatic carbocycles. The van der Waals surface area contributed by atoms with Crippen LogP contribution >= 0.6 is 0 Å². The van der Waals surface area contributed by atoms with Crippen molar-refractivity contribution in [2.24, 2.45) is 0 Å². The van der Waals surface area contributed by atoms with E-state index >= 15 is 0 Å². The maximum absolute atomic E-state index is 13.7. The summed E-state index contributed by atoms with van der Waals surface area (Å²) >= 11 is 0. The minimum absolute atomic E-state index is 0.00851. The van der Waals surface area contributed by atoms with Crippen molar-refractivity contribution in [1.29, 1.82) is 0 Å². The van der Waals surface area contributed by atoms with Crippen molar-refractivity contribution >= 4 is 11.9 Å². The Hall–Kier alpha value is -2.89. The topological polar surface area (TPSA) is 64.6 Å². The Bertz CT molecular complexity index is 733. The van der Waals surface area contributed by atoms with E-state index in [1.165, 1.54) is 26.4 Å².